The fourth-order valence-corrected chi connectivity index (χ4v) is 7.11. The molecule has 11 nitrogen and oxygen atoms in total. The predicted molar refractivity (Wildman–Crippen MR) is 207 cm³/mol. The molecule has 56 heavy (non-hydrogen) atoms. The van der Waals surface area contributed by atoms with E-state index in [0.29, 0.717) is 63.2 Å². The van der Waals surface area contributed by atoms with Crippen LogP contribution in [-0.4, -0.2) is 49.9 Å². The van der Waals surface area contributed by atoms with Crippen molar-refractivity contribution in [2.75, 3.05) is 20.8 Å². The molecule has 0 N–H and O–H groups in total. The third-order valence-corrected chi connectivity index (χ3v) is 9.53. The standard InChI is InChI=1S/C45H34N2O9/c1-4-53-29-20-22-36-40(25-29)56-41-26-31(55-44(50)34-16-7-10-19-39(34)52-3)21-23-37(41)45(36)35-17-8-5-14-32(35)42(48)47(45)46-27-28-12-11-13-30(24-28)54-43(49)33-15-6-9-18-38(33)51-2/h5-27H,4H2,1-3H3/b46-27+. The molecular formula is C45H34N2O9. The molecular weight excluding hydrogens is 713 g/mol. The minimum atomic E-state index is -1.32. The molecule has 1 amide bonds. The third kappa shape index (κ3) is 6.14. The number of rotatable bonds is 10. The van der Waals surface area contributed by atoms with Crippen LogP contribution in [0.4, 0.5) is 0 Å². The lowest BCUT2D eigenvalue weighted by Gasteiger charge is -2.41. The predicted octanol–water partition coefficient (Wildman–Crippen LogP) is 8.43. The highest BCUT2D eigenvalue weighted by atomic mass is 16.5. The van der Waals surface area contributed by atoms with E-state index in [4.69, 9.17) is 33.5 Å². The van der Waals surface area contributed by atoms with Gasteiger partial charge in [0.15, 0.2) is 0 Å². The molecule has 2 heterocycles. The van der Waals surface area contributed by atoms with Gasteiger partial charge in [0.2, 0.25) is 0 Å². The summed E-state index contributed by atoms with van der Waals surface area (Å²) in [5.41, 5.74) is 2.12. The van der Waals surface area contributed by atoms with Crippen LogP contribution in [0, 0.1) is 0 Å². The minimum absolute atomic E-state index is 0.214. The van der Waals surface area contributed by atoms with Crippen molar-refractivity contribution >= 4 is 24.1 Å². The lowest BCUT2D eigenvalue weighted by molar-refractivity contribution is 0.0674. The van der Waals surface area contributed by atoms with E-state index in [1.165, 1.54) is 19.2 Å². The van der Waals surface area contributed by atoms with Crippen molar-refractivity contribution < 1.29 is 42.8 Å². The zero-order valence-electron chi connectivity index (χ0n) is 30.6. The first-order valence-electron chi connectivity index (χ1n) is 17.7. The minimum Gasteiger partial charge on any atom is -0.496 e. The first kappa shape index (κ1) is 35.6. The maximum Gasteiger partial charge on any atom is 0.347 e. The van der Waals surface area contributed by atoms with Crippen molar-refractivity contribution in [1.82, 2.24) is 5.01 Å². The zero-order valence-corrected chi connectivity index (χ0v) is 30.6. The number of hydrazone groups is 1. The summed E-state index contributed by atoms with van der Waals surface area (Å²) in [6, 6.07) is 38.2. The first-order valence-corrected chi connectivity index (χ1v) is 17.7. The van der Waals surface area contributed by atoms with E-state index in [1.807, 2.05) is 31.2 Å². The van der Waals surface area contributed by atoms with E-state index in [2.05, 4.69) is 0 Å². The number of nitrogens with zero attached hydrogens (tertiary/aromatic N) is 2. The largest absolute Gasteiger partial charge is 0.496 e. The molecule has 6 aromatic carbocycles. The summed E-state index contributed by atoms with van der Waals surface area (Å²) >= 11 is 0. The van der Waals surface area contributed by atoms with Crippen LogP contribution in [0.3, 0.4) is 0 Å². The lowest BCUT2D eigenvalue weighted by atomic mass is 9.75. The fraction of sp³-hybridized carbons (Fsp3) is 0.111. The van der Waals surface area contributed by atoms with Gasteiger partial charge < -0.3 is 28.4 Å². The number of hydrogen-bond acceptors (Lipinski definition) is 10. The van der Waals surface area contributed by atoms with Crippen molar-refractivity contribution in [1.29, 1.82) is 0 Å². The topological polar surface area (TPSA) is 122 Å². The normalized spacial score (nSPS) is 15.1. The number of para-hydroxylation sites is 2. The maximum atomic E-state index is 14.5. The molecule has 1 unspecified atom stereocenters. The van der Waals surface area contributed by atoms with Gasteiger partial charge in [0.1, 0.15) is 56.9 Å². The summed E-state index contributed by atoms with van der Waals surface area (Å²) in [4.78, 5) is 40.9. The Kier molecular flexibility index (Phi) is 9.41. The Morgan fingerprint density at radius 1 is 0.661 bits per heavy atom. The Labute approximate surface area is 322 Å². The smallest absolute Gasteiger partial charge is 0.347 e. The average molecular weight is 747 g/mol. The third-order valence-electron chi connectivity index (χ3n) is 9.53. The highest BCUT2D eigenvalue weighted by Crippen LogP contribution is 2.58. The summed E-state index contributed by atoms with van der Waals surface area (Å²) in [5, 5.41) is 6.31. The highest BCUT2D eigenvalue weighted by molar-refractivity contribution is 6.03. The molecule has 1 atom stereocenters. The number of hydrogen-bond donors (Lipinski definition) is 0. The van der Waals surface area contributed by atoms with Crippen molar-refractivity contribution in [2.45, 2.75) is 12.5 Å². The summed E-state index contributed by atoms with van der Waals surface area (Å²) in [7, 11) is 2.97. The second kappa shape index (κ2) is 14.8. The Morgan fingerprint density at radius 3 is 1.88 bits per heavy atom. The SMILES string of the molecule is CCOc1ccc2c(c1)Oc1cc(OC(=O)c3ccccc3OC)ccc1C21c2ccccc2C(=O)N1/N=C/c1cccc(OC(=O)c2ccccc2OC)c1. The van der Waals surface area contributed by atoms with Gasteiger partial charge in [0.25, 0.3) is 5.91 Å². The van der Waals surface area contributed by atoms with Crippen molar-refractivity contribution in [3.63, 3.8) is 0 Å². The van der Waals surface area contributed by atoms with Crippen LogP contribution < -0.4 is 28.4 Å². The van der Waals surface area contributed by atoms with Crippen LogP contribution in [0.15, 0.2) is 139 Å². The van der Waals surface area contributed by atoms with Gasteiger partial charge in [-0.05, 0) is 79.2 Å². The van der Waals surface area contributed by atoms with E-state index < -0.39 is 17.5 Å². The first-order chi connectivity index (χ1) is 27.3. The van der Waals surface area contributed by atoms with Crippen LogP contribution in [0.1, 0.15) is 60.3 Å². The molecule has 8 rings (SSSR count). The van der Waals surface area contributed by atoms with E-state index >= 15 is 0 Å². The summed E-state index contributed by atoms with van der Waals surface area (Å²) < 4.78 is 34.6. The van der Waals surface area contributed by atoms with Crippen LogP contribution in [0.25, 0.3) is 0 Å². The van der Waals surface area contributed by atoms with E-state index in [1.54, 1.807) is 115 Å². The number of amides is 1. The molecule has 0 aromatic heterocycles. The Hall–Kier alpha value is -7.40. The number of fused-ring (bicyclic) bond motifs is 6. The Balaban J connectivity index is 1.22. The van der Waals surface area contributed by atoms with Gasteiger partial charge >= 0.3 is 11.9 Å². The fourth-order valence-electron chi connectivity index (χ4n) is 7.11. The van der Waals surface area contributed by atoms with Gasteiger partial charge in [-0.15, -0.1) is 0 Å². The number of methoxy groups -OCH3 is 2. The van der Waals surface area contributed by atoms with Crippen LogP contribution >= 0.6 is 0 Å². The number of esters is 2. The number of carbonyl (C=O) groups excluding carboxylic acids is 3. The molecule has 2 aliphatic rings. The van der Waals surface area contributed by atoms with E-state index in [9.17, 15) is 14.4 Å². The van der Waals surface area contributed by atoms with Gasteiger partial charge in [0.05, 0.1) is 27.0 Å². The monoisotopic (exact) mass is 746 g/mol. The molecule has 0 saturated carbocycles. The van der Waals surface area contributed by atoms with Gasteiger partial charge in [-0.3, -0.25) is 4.79 Å². The average Bonchev–Trinajstić information content (AvgIpc) is 3.47. The second-order valence-corrected chi connectivity index (χ2v) is 12.7. The van der Waals surface area contributed by atoms with Crippen LogP contribution in [0.2, 0.25) is 0 Å². The molecule has 0 fully saturated rings. The molecule has 0 saturated heterocycles. The van der Waals surface area contributed by atoms with E-state index in [-0.39, 0.29) is 28.5 Å². The number of benzene rings is 6. The van der Waals surface area contributed by atoms with Crippen molar-refractivity contribution in [3.8, 4) is 40.2 Å². The quantitative estimate of drug-likeness (QED) is 0.0773. The van der Waals surface area contributed by atoms with Crippen LogP contribution in [-0.2, 0) is 5.54 Å². The molecule has 0 radical (unpaired) electrons. The molecule has 2 aliphatic heterocycles. The van der Waals surface area contributed by atoms with Gasteiger partial charge in [-0.25, -0.2) is 14.6 Å². The van der Waals surface area contributed by atoms with Crippen LogP contribution in [0.5, 0.6) is 40.2 Å². The van der Waals surface area contributed by atoms with Gasteiger partial charge in [0, 0.05) is 34.4 Å². The second-order valence-electron chi connectivity index (χ2n) is 12.7. The van der Waals surface area contributed by atoms with E-state index in [0.717, 1.165) is 0 Å². The number of carbonyl (C=O) groups is 3. The zero-order chi connectivity index (χ0) is 38.8. The molecule has 1 spiro atoms. The molecule has 0 aliphatic carbocycles. The summed E-state index contributed by atoms with van der Waals surface area (Å²) in [6.07, 6.45) is 1.54. The molecule has 0 bridgehead atoms. The number of ether oxygens (including phenoxy) is 6. The Bertz CT molecular complexity index is 2550. The van der Waals surface area contributed by atoms with Gasteiger partial charge in [-0.2, -0.15) is 5.10 Å². The Morgan fingerprint density at radius 2 is 1.23 bits per heavy atom. The van der Waals surface area contributed by atoms with Crippen molar-refractivity contribution in [2.24, 2.45) is 5.10 Å². The summed E-state index contributed by atoms with van der Waals surface area (Å²) in [6.45, 7) is 2.31. The van der Waals surface area contributed by atoms with Crippen molar-refractivity contribution in [3.05, 3.63) is 172 Å². The maximum absolute atomic E-state index is 14.5. The van der Waals surface area contributed by atoms with Gasteiger partial charge in [-0.1, -0.05) is 54.6 Å². The highest BCUT2D eigenvalue weighted by Gasteiger charge is 2.57. The molecule has 6 aromatic rings. The lowest BCUT2D eigenvalue weighted by Crippen LogP contribution is -2.44. The molecule has 278 valence electrons. The molecule has 11 heteroatoms. The summed E-state index contributed by atoms with van der Waals surface area (Å²) in [5.74, 6) is 1.02.